The lowest BCUT2D eigenvalue weighted by Gasteiger charge is -2.83. The van der Waals surface area contributed by atoms with Crippen LogP contribution in [0.2, 0.25) is 0 Å². The Bertz CT molecular complexity index is 1400. The van der Waals surface area contributed by atoms with Crippen molar-refractivity contribution in [3.05, 3.63) is 0 Å². The Morgan fingerprint density at radius 2 is 0.759 bits per heavy atom. The smallest absolute Gasteiger partial charge is 0.201 e. The molecule has 11 nitrogen and oxygen atoms in total. The molecule has 13 saturated heterocycles. The van der Waals surface area contributed by atoms with Crippen molar-refractivity contribution in [1.29, 1.82) is 0 Å². The molecule has 13 aliphatic heterocycles. The fourth-order valence-corrected chi connectivity index (χ4v) is 14.8. The molecule has 13 heterocycles. The zero-order valence-electron chi connectivity index (χ0n) is 32.9. The van der Waals surface area contributed by atoms with Crippen LogP contribution >= 0.6 is 0 Å². The van der Waals surface area contributed by atoms with Crippen molar-refractivity contribution in [3.63, 3.8) is 0 Å². The largest absolute Gasteiger partial charge is 0.369 e. The third-order valence-corrected chi connectivity index (χ3v) is 17.7. The van der Waals surface area contributed by atoms with Crippen molar-refractivity contribution >= 4 is 0 Å². The molecule has 1 aliphatic carbocycles. The van der Waals surface area contributed by atoms with Gasteiger partial charge in [-0.05, 0) is 19.3 Å². The molecule has 11 heteroatoms. The van der Waals surface area contributed by atoms with Crippen molar-refractivity contribution in [2.45, 2.75) is 217 Å². The molecule has 54 heavy (non-hydrogen) atoms. The Kier molecular flexibility index (Phi) is 8.50. The predicted molar refractivity (Wildman–Crippen MR) is 194 cm³/mol. The zero-order valence-corrected chi connectivity index (χ0v) is 32.9. The second-order valence-electron chi connectivity index (χ2n) is 19.2. The minimum Gasteiger partial charge on any atom is -0.369 e. The van der Waals surface area contributed by atoms with Crippen LogP contribution in [-0.4, -0.2) is 126 Å². The van der Waals surface area contributed by atoms with E-state index in [1.165, 1.54) is 44.9 Å². The molecule has 8 spiro atoms. The summed E-state index contributed by atoms with van der Waals surface area (Å²) in [6.07, 6.45) is 21.6. The molecule has 1 N–H and O–H groups in total. The van der Waals surface area contributed by atoms with E-state index < -0.39 is 56.2 Å². The predicted octanol–water partition coefficient (Wildman–Crippen LogP) is 5.98. The highest BCUT2D eigenvalue weighted by molar-refractivity contribution is 5.43. The molecule has 14 fully saturated rings. The summed E-state index contributed by atoms with van der Waals surface area (Å²) in [5.41, 5.74) is -7.40. The van der Waals surface area contributed by atoms with E-state index in [1.807, 2.05) is 0 Å². The van der Waals surface area contributed by atoms with E-state index >= 15 is 0 Å². The first-order valence-corrected chi connectivity index (χ1v) is 22.5. The van der Waals surface area contributed by atoms with E-state index in [1.54, 1.807) is 0 Å². The van der Waals surface area contributed by atoms with Gasteiger partial charge in [0.25, 0.3) is 0 Å². The maximum atomic E-state index is 12.6. The van der Waals surface area contributed by atoms with Gasteiger partial charge in [-0.25, -0.2) is 0 Å². The summed E-state index contributed by atoms with van der Waals surface area (Å²) in [4.78, 5) is 0. The molecule has 304 valence electrons. The Morgan fingerprint density at radius 1 is 0.426 bits per heavy atom. The van der Waals surface area contributed by atoms with Crippen LogP contribution in [-0.2, 0) is 47.4 Å². The van der Waals surface area contributed by atoms with E-state index in [-0.39, 0.29) is 12.2 Å². The standard InChI is InChI=1S/C43H66O11/c1-2-3-4-10-13-34-30-32(53-34)11-8-6-5-7-9-12-33-31-43(44,54-33)42(21-29-52-42)41(20-28-51-41)40(19-27-50-40)39(18-26-49-39)38(17-25-48-38)37(16-24-47-37)36(15-23-46-36)35(34)14-22-45-35/h32-33,44H,2-31H2,1H3. The number of hydrogen-bond donors (Lipinski definition) is 1. The van der Waals surface area contributed by atoms with Gasteiger partial charge in [-0.15, -0.1) is 0 Å². The molecule has 1 saturated carbocycles. The van der Waals surface area contributed by atoms with Gasteiger partial charge in [0.15, 0.2) is 5.60 Å². The number of rotatable bonds is 5. The Morgan fingerprint density at radius 3 is 1.11 bits per heavy atom. The summed E-state index contributed by atoms with van der Waals surface area (Å²) >= 11 is 0. The van der Waals surface area contributed by atoms with Crippen molar-refractivity contribution in [1.82, 2.24) is 0 Å². The SMILES string of the molecule is CCCCCCC12CC(CCCCCCCC3CC(O)(O3)C3(CCO3)C3(CCO3)C3(CCO3)C3(CCO3)C3(CCO3)C3(CCO3)C3(CCO3)C13CCO3)O2. The molecule has 12 atom stereocenters. The van der Waals surface area contributed by atoms with Crippen molar-refractivity contribution in [2.75, 3.05) is 52.9 Å². The van der Waals surface area contributed by atoms with E-state index in [0.717, 1.165) is 77.0 Å². The Labute approximate surface area is 321 Å². The normalized spacial score (nSPS) is 56.3. The molecular weight excluding hydrogens is 692 g/mol. The number of ether oxygens (including phenoxy) is 10. The zero-order chi connectivity index (χ0) is 36.4. The lowest BCUT2D eigenvalue weighted by molar-refractivity contribution is -0.542. The fourth-order valence-electron chi connectivity index (χ4n) is 14.8. The highest BCUT2D eigenvalue weighted by Gasteiger charge is 2.94. The summed E-state index contributed by atoms with van der Waals surface area (Å²) in [7, 11) is 0. The van der Waals surface area contributed by atoms with Crippen LogP contribution in [0, 0.1) is 0 Å². The molecule has 0 aromatic heterocycles. The van der Waals surface area contributed by atoms with E-state index in [2.05, 4.69) is 6.92 Å². The molecule has 0 aromatic carbocycles. The minimum absolute atomic E-state index is 0.0190. The monoisotopic (exact) mass is 758 g/mol. The van der Waals surface area contributed by atoms with Crippen LogP contribution in [0.25, 0.3) is 0 Å². The molecular formula is C43H66O11. The van der Waals surface area contributed by atoms with E-state index in [4.69, 9.17) is 47.4 Å². The molecule has 4 bridgehead atoms. The molecule has 0 amide bonds. The summed E-state index contributed by atoms with van der Waals surface area (Å²) in [6, 6.07) is 0. The lowest BCUT2D eigenvalue weighted by Crippen LogP contribution is -3.00. The van der Waals surface area contributed by atoms with Gasteiger partial charge in [0.2, 0.25) is 5.79 Å². The Balaban J connectivity index is 1.04. The molecule has 12 unspecified atom stereocenters. The van der Waals surface area contributed by atoms with Gasteiger partial charge in [0.05, 0.1) is 65.1 Å². The molecule has 0 radical (unpaired) electrons. The number of hydrogen-bond acceptors (Lipinski definition) is 11. The van der Waals surface area contributed by atoms with Crippen LogP contribution in [0.1, 0.15) is 148 Å². The van der Waals surface area contributed by atoms with Gasteiger partial charge in [0.1, 0.15) is 44.8 Å². The highest BCUT2D eigenvalue weighted by Crippen LogP contribution is 2.76. The quantitative estimate of drug-likeness (QED) is 0.335. The lowest BCUT2D eigenvalue weighted by atomic mass is 9.41. The minimum atomic E-state index is -1.45. The first-order valence-electron chi connectivity index (χ1n) is 22.5. The molecule has 0 aromatic rings. The summed E-state index contributed by atoms with van der Waals surface area (Å²) in [6.45, 7) is 7.20. The van der Waals surface area contributed by atoms with Crippen molar-refractivity contribution in [3.8, 4) is 0 Å². The second-order valence-corrected chi connectivity index (χ2v) is 19.2. The first-order chi connectivity index (χ1) is 26.3. The van der Waals surface area contributed by atoms with Gasteiger partial charge in [-0.1, -0.05) is 64.7 Å². The third kappa shape index (κ3) is 4.00. The topological polar surface area (TPSA) is 113 Å². The number of aliphatic hydroxyl groups is 1. The van der Waals surface area contributed by atoms with Gasteiger partial charge >= 0.3 is 0 Å². The third-order valence-electron chi connectivity index (χ3n) is 17.7. The maximum Gasteiger partial charge on any atom is 0.201 e. The summed E-state index contributed by atoms with van der Waals surface area (Å²) < 4.78 is 70.7. The van der Waals surface area contributed by atoms with E-state index in [9.17, 15) is 5.11 Å². The Hall–Kier alpha value is -0.440. The first kappa shape index (κ1) is 36.6. The van der Waals surface area contributed by atoms with Crippen LogP contribution < -0.4 is 0 Å². The fraction of sp³-hybridized carbons (Fsp3) is 1.00. The van der Waals surface area contributed by atoms with E-state index in [0.29, 0.717) is 72.1 Å². The maximum absolute atomic E-state index is 12.6. The van der Waals surface area contributed by atoms with Crippen LogP contribution in [0.4, 0.5) is 0 Å². The molecule has 14 aliphatic rings. The van der Waals surface area contributed by atoms with Crippen LogP contribution in [0.3, 0.4) is 0 Å². The average Bonchev–Trinajstić information content (AvgIpc) is 2.96. The van der Waals surface area contributed by atoms with Crippen molar-refractivity contribution < 1.29 is 52.5 Å². The van der Waals surface area contributed by atoms with Crippen molar-refractivity contribution in [2.24, 2.45) is 0 Å². The number of unbranched alkanes of at least 4 members (excludes halogenated alkanes) is 3. The average molecular weight is 759 g/mol. The van der Waals surface area contributed by atoms with Gasteiger partial charge in [0, 0.05) is 64.2 Å². The van der Waals surface area contributed by atoms with Gasteiger partial charge in [-0.3, -0.25) is 0 Å². The summed E-state index contributed by atoms with van der Waals surface area (Å²) in [5, 5.41) is 12.6. The summed E-state index contributed by atoms with van der Waals surface area (Å²) in [5.74, 6) is -1.45. The van der Waals surface area contributed by atoms with Gasteiger partial charge < -0.3 is 52.5 Å². The molecule has 14 rings (SSSR count). The van der Waals surface area contributed by atoms with Gasteiger partial charge in [-0.2, -0.15) is 0 Å². The van der Waals surface area contributed by atoms with Crippen LogP contribution in [0.15, 0.2) is 0 Å². The highest BCUT2D eigenvalue weighted by atomic mass is 16.7. The second kappa shape index (κ2) is 12.5. The van der Waals surface area contributed by atoms with Crippen LogP contribution in [0.5, 0.6) is 0 Å².